The second-order valence-corrected chi connectivity index (χ2v) is 8.62. The van der Waals surface area contributed by atoms with Crippen molar-refractivity contribution >= 4 is 32.9 Å². The van der Waals surface area contributed by atoms with Crippen molar-refractivity contribution in [3.8, 4) is 34.0 Å². The predicted molar refractivity (Wildman–Crippen MR) is 119 cm³/mol. The summed E-state index contributed by atoms with van der Waals surface area (Å²) < 4.78 is 10.8. The van der Waals surface area contributed by atoms with Gasteiger partial charge < -0.3 is 14.8 Å². The van der Waals surface area contributed by atoms with Crippen LogP contribution in [0.1, 0.15) is 10.4 Å². The number of hydrogen-bond acceptors (Lipinski definition) is 7. The summed E-state index contributed by atoms with van der Waals surface area (Å²) >= 11 is 3.27. The van der Waals surface area contributed by atoms with Crippen LogP contribution in [0.15, 0.2) is 47.8 Å². The van der Waals surface area contributed by atoms with Crippen molar-refractivity contribution < 1.29 is 9.47 Å². The zero-order chi connectivity index (χ0) is 19.8. The molecular formula is C22H19N3O2S2. The number of rotatable bonds is 5. The number of ether oxygens (including phenoxy) is 2. The summed E-state index contributed by atoms with van der Waals surface area (Å²) in [4.78, 5) is 10.9. The molecule has 0 saturated carbocycles. The van der Waals surface area contributed by atoms with Gasteiger partial charge in [0, 0.05) is 27.5 Å². The van der Waals surface area contributed by atoms with Crippen molar-refractivity contribution in [2.45, 2.75) is 12.8 Å². The fraction of sp³-hybridized carbons (Fsp3) is 0.182. The van der Waals surface area contributed by atoms with Gasteiger partial charge in [-0.25, -0.2) is 9.97 Å². The van der Waals surface area contributed by atoms with Crippen molar-refractivity contribution in [1.29, 1.82) is 0 Å². The number of benzene rings is 2. The molecule has 146 valence electrons. The molecule has 0 amide bonds. The number of methoxy groups -OCH3 is 2. The van der Waals surface area contributed by atoms with E-state index in [9.17, 15) is 0 Å². The molecule has 0 unspecified atom stereocenters. The third-order valence-electron chi connectivity index (χ3n) is 4.99. The smallest absolute Gasteiger partial charge is 0.189 e. The van der Waals surface area contributed by atoms with E-state index in [0.717, 1.165) is 51.6 Å². The lowest BCUT2D eigenvalue weighted by molar-refractivity contribution is 0.395. The Kier molecular flexibility index (Phi) is 4.69. The molecule has 0 bridgehead atoms. The lowest BCUT2D eigenvalue weighted by Gasteiger charge is -2.13. The Morgan fingerprint density at radius 1 is 0.931 bits per heavy atom. The minimum absolute atomic E-state index is 0.738. The predicted octanol–water partition coefficient (Wildman–Crippen LogP) is 5.79. The number of thiazole rings is 2. The van der Waals surface area contributed by atoms with E-state index in [0.29, 0.717) is 0 Å². The first-order chi connectivity index (χ1) is 14.2. The summed E-state index contributed by atoms with van der Waals surface area (Å²) in [7, 11) is 3.30. The Hall–Kier alpha value is -2.90. The molecule has 2 heterocycles. The summed E-state index contributed by atoms with van der Waals surface area (Å²) in [6, 6.07) is 14.3. The Morgan fingerprint density at radius 2 is 1.83 bits per heavy atom. The highest BCUT2D eigenvalue weighted by molar-refractivity contribution is 7.17. The summed E-state index contributed by atoms with van der Waals surface area (Å²) in [6.45, 7) is 0. The number of nitrogens with zero attached hydrogens (tertiary/aromatic N) is 2. The number of anilines is 2. The SMILES string of the molecule is COc1ccc(-c2csc(Nc3nc4c(s3)CCc3ccccc3-4)n2)c(OC)c1. The zero-order valence-electron chi connectivity index (χ0n) is 16.1. The number of aromatic nitrogens is 2. The van der Waals surface area contributed by atoms with Crippen molar-refractivity contribution in [2.24, 2.45) is 0 Å². The highest BCUT2D eigenvalue weighted by atomic mass is 32.1. The molecule has 2 aromatic heterocycles. The van der Waals surface area contributed by atoms with E-state index in [1.54, 1.807) is 36.9 Å². The van der Waals surface area contributed by atoms with Crippen LogP contribution in [0.5, 0.6) is 11.5 Å². The highest BCUT2D eigenvalue weighted by Crippen LogP contribution is 2.40. The van der Waals surface area contributed by atoms with Gasteiger partial charge in [-0.15, -0.1) is 22.7 Å². The Balaban J connectivity index is 1.42. The summed E-state index contributed by atoms with van der Waals surface area (Å²) in [5.41, 5.74) is 5.53. The van der Waals surface area contributed by atoms with Crippen LogP contribution >= 0.6 is 22.7 Å². The minimum atomic E-state index is 0.738. The molecule has 0 spiro atoms. The Morgan fingerprint density at radius 3 is 2.69 bits per heavy atom. The molecule has 1 N–H and O–H groups in total. The average Bonchev–Trinajstić information content (AvgIpc) is 3.40. The largest absolute Gasteiger partial charge is 0.497 e. The van der Waals surface area contributed by atoms with Crippen LogP contribution in [0.3, 0.4) is 0 Å². The molecule has 0 aliphatic heterocycles. The standard InChI is InChI=1S/C22H19N3O2S2/c1-26-14-8-9-16(18(11-14)27-2)17-12-28-21(23-17)25-22-24-20-15-6-4-3-5-13(15)7-10-19(20)29-22/h3-6,8-9,11-12H,7,10H2,1-2H3,(H,23,24,25). The maximum Gasteiger partial charge on any atom is 0.189 e. The third-order valence-corrected chi connectivity index (χ3v) is 6.78. The normalized spacial score (nSPS) is 12.2. The molecule has 1 aliphatic rings. The summed E-state index contributed by atoms with van der Waals surface area (Å²) in [5, 5.41) is 7.12. The number of fused-ring (bicyclic) bond motifs is 3. The van der Waals surface area contributed by atoms with Gasteiger partial charge in [0.05, 0.1) is 25.6 Å². The van der Waals surface area contributed by atoms with Gasteiger partial charge in [-0.05, 0) is 30.5 Å². The van der Waals surface area contributed by atoms with Crippen LogP contribution in [0.2, 0.25) is 0 Å². The van der Waals surface area contributed by atoms with Crippen LogP contribution in [0.25, 0.3) is 22.5 Å². The van der Waals surface area contributed by atoms with Gasteiger partial charge >= 0.3 is 0 Å². The number of aryl methyl sites for hydroxylation is 2. The van der Waals surface area contributed by atoms with Crippen LogP contribution < -0.4 is 14.8 Å². The molecule has 7 heteroatoms. The third kappa shape index (κ3) is 3.36. The molecule has 1 aliphatic carbocycles. The van der Waals surface area contributed by atoms with Crippen LogP contribution in [0, 0.1) is 0 Å². The van der Waals surface area contributed by atoms with Crippen LogP contribution in [0.4, 0.5) is 10.3 Å². The molecule has 0 saturated heterocycles. The van der Waals surface area contributed by atoms with Gasteiger partial charge in [0.1, 0.15) is 11.5 Å². The Labute approximate surface area is 177 Å². The zero-order valence-corrected chi connectivity index (χ0v) is 17.7. The monoisotopic (exact) mass is 421 g/mol. The summed E-state index contributed by atoms with van der Waals surface area (Å²) in [5.74, 6) is 1.50. The lowest BCUT2D eigenvalue weighted by Crippen LogP contribution is -2.01. The molecule has 4 aromatic rings. The fourth-order valence-corrected chi connectivity index (χ4v) is 5.31. The lowest BCUT2D eigenvalue weighted by atomic mass is 9.94. The van der Waals surface area contributed by atoms with E-state index in [1.165, 1.54) is 16.0 Å². The van der Waals surface area contributed by atoms with E-state index >= 15 is 0 Å². The molecule has 2 aromatic carbocycles. The number of hydrogen-bond donors (Lipinski definition) is 1. The van der Waals surface area contributed by atoms with Crippen LogP contribution in [-0.4, -0.2) is 24.2 Å². The maximum atomic E-state index is 5.51. The molecule has 29 heavy (non-hydrogen) atoms. The molecule has 0 fully saturated rings. The second-order valence-electron chi connectivity index (χ2n) is 6.68. The van der Waals surface area contributed by atoms with E-state index in [2.05, 4.69) is 29.6 Å². The summed E-state index contributed by atoms with van der Waals surface area (Å²) in [6.07, 6.45) is 2.11. The van der Waals surface area contributed by atoms with Crippen molar-refractivity contribution in [1.82, 2.24) is 9.97 Å². The van der Waals surface area contributed by atoms with Gasteiger partial charge in [-0.3, -0.25) is 0 Å². The van der Waals surface area contributed by atoms with E-state index in [-0.39, 0.29) is 0 Å². The number of nitrogens with one attached hydrogen (secondary N) is 1. The first kappa shape index (κ1) is 18.1. The van der Waals surface area contributed by atoms with E-state index in [4.69, 9.17) is 19.4 Å². The van der Waals surface area contributed by atoms with E-state index in [1.807, 2.05) is 23.6 Å². The quantitative estimate of drug-likeness (QED) is 0.442. The minimum Gasteiger partial charge on any atom is -0.497 e. The van der Waals surface area contributed by atoms with Crippen molar-refractivity contribution in [2.75, 3.05) is 19.5 Å². The first-order valence-corrected chi connectivity index (χ1v) is 11.0. The molecule has 0 atom stereocenters. The molecular weight excluding hydrogens is 402 g/mol. The molecule has 0 radical (unpaired) electrons. The van der Waals surface area contributed by atoms with Gasteiger partial charge in [0.2, 0.25) is 0 Å². The molecule has 5 rings (SSSR count). The maximum absolute atomic E-state index is 5.51. The van der Waals surface area contributed by atoms with Gasteiger partial charge in [0.25, 0.3) is 0 Å². The average molecular weight is 422 g/mol. The van der Waals surface area contributed by atoms with Gasteiger partial charge in [-0.2, -0.15) is 0 Å². The van der Waals surface area contributed by atoms with Crippen LogP contribution in [-0.2, 0) is 12.8 Å². The molecule has 5 nitrogen and oxygen atoms in total. The Bertz CT molecular complexity index is 1180. The topological polar surface area (TPSA) is 56.3 Å². The van der Waals surface area contributed by atoms with Gasteiger partial charge in [-0.1, -0.05) is 24.3 Å². The van der Waals surface area contributed by atoms with Gasteiger partial charge in [0.15, 0.2) is 10.3 Å². The van der Waals surface area contributed by atoms with Crippen molar-refractivity contribution in [3.05, 3.63) is 58.3 Å². The highest BCUT2D eigenvalue weighted by Gasteiger charge is 2.21. The first-order valence-electron chi connectivity index (χ1n) is 9.28. The van der Waals surface area contributed by atoms with E-state index < -0.39 is 0 Å². The fourth-order valence-electron chi connectivity index (χ4n) is 3.56. The van der Waals surface area contributed by atoms with Crippen molar-refractivity contribution in [3.63, 3.8) is 0 Å². The second kappa shape index (κ2) is 7.50.